The predicted molar refractivity (Wildman–Crippen MR) is 94.7 cm³/mol. The van der Waals surface area contributed by atoms with E-state index in [9.17, 15) is 9.59 Å². The Kier molecular flexibility index (Phi) is 4.60. The Hall–Kier alpha value is -2.30. The lowest BCUT2D eigenvalue weighted by molar-refractivity contribution is -0.123. The number of hydrogen-bond acceptors (Lipinski definition) is 2. The molecule has 2 aromatic carbocycles. The third-order valence-corrected chi connectivity index (χ3v) is 4.21. The van der Waals surface area contributed by atoms with Gasteiger partial charge in [-0.05, 0) is 36.3 Å². The van der Waals surface area contributed by atoms with E-state index < -0.39 is 6.03 Å². The van der Waals surface area contributed by atoms with Gasteiger partial charge in [0.1, 0.15) is 5.70 Å². The van der Waals surface area contributed by atoms with Gasteiger partial charge in [0.05, 0.1) is 6.54 Å². The highest BCUT2D eigenvalue weighted by Crippen LogP contribution is 2.24. The molecule has 0 saturated carbocycles. The zero-order valence-electron chi connectivity index (χ0n) is 12.8. The molecule has 1 N–H and O–H groups in total. The van der Waals surface area contributed by atoms with Crippen LogP contribution in [0.25, 0.3) is 6.08 Å². The second-order valence-electron chi connectivity index (χ2n) is 5.53. The largest absolute Gasteiger partial charge is 0.329 e. The van der Waals surface area contributed by atoms with Crippen LogP contribution in [0.2, 0.25) is 10.0 Å². The summed E-state index contributed by atoms with van der Waals surface area (Å²) < 4.78 is 0. The van der Waals surface area contributed by atoms with Gasteiger partial charge in [-0.1, -0.05) is 59.1 Å². The minimum atomic E-state index is -0.446. The van der Waals surface area contributed by atoms with Crippen LogP contribution in [0.1, 0.15) is 16.7 Å². The quantitative estimate of drug-likeness (QED) is 0.651. The van der Waals surface area contributed by atoms with E-state index in [2.05, 4.69) is 5.32 Å². The first-order chi connectivity index (χ1) is 11.4. The first-order valence-electron chi connectivity index (χ1n) is 7.29. The summed E-state index contributed by atoms with van der Waals surface area (Å²) in [4.78, 5) is 25.8. The van der Waals surface area contributed by atoms with E-state index in [0.717, 1.165) is 11.1 Å². The Balaban J connectivity index is 1.84. The summed E-state index contributed by atoms with van der Waals surface area (Å²) in [5.74, 6) is -0.382. The molecule has 3 rings (SSSR count). The molecule has 0 radical (unpaired) electrons. The van der Waals surface area contributed by atoms with E-state index >= 15 is 0 Å². The standard InChI is InChI=1S/C18H14Cl2N2O2/c1-11-3-2-4-12(7-11)10-22-17(23)16(21-18(22)24)8-13-5-6-14(19)9-15(13)20/h2-9H,10H2,1H3,(H,21,24)/b16-8+. The van der Waals surface area contributed by atoms with Gasteiger partial charge in [-0.15, -0.1) is 0 Å². The van der Waals surface area contributed by atoms with Gasteiger partial charge < -0.3 is 5.32 Å². The van der Waals surface area contributed by atoms with Crippen molar-refractivity contribution in [3.63, 3.8) is 0 Å². The molecule has 1 fully saturated rings. The summed E-state index contributed by atoms with van der Waals surface area (Å²) in [7, 11) is 0. The lowest BCUT2D eigenvalue weighted by Crippen LogP contribution is -2.30. The van der Waals surface area contributed by atoms with Crippen molar-refractivity contribution >= 4 is 41.2 Å². The molecule has 24 heavy (non-hydrogen) atoms. The number of benzene rings is 2. The molecule has 0 spiro atoms. The fourth-order valence-corrected chi connectivity index (χ4v) is 2.95. The Morgan fingerprint density at radius 1 is 1.12 bits per heavy atom. The number of carbonyl (C=O) groups excluding carboxylic acids is 2. The van der Waals surface area contributed by atoms with E-state index in [1.807, 2.05) is 31.2 Å². The number of imide groups is 1. The average Bonchev–Trinajstić information content (AvgIpc) is 2.78. The molecular weight excluding hydrogens is 347 g/mol. The normalized spacial score (nSPS) is 16.0. The highest BCUT2D eigenvalue weighted by molar-refractivity contribution is 6.35. The molecule has 0 unspecified atom stereocenters. The highest BCUT2D eigenvalue weighted by atomic mass is 35.5. The minimum absolute atomic E-state index is 0.192. The zero-order chi connectivity index (χ0) is 17.3. The molecule has 3 amide bonds. The summed E-state index contributed by atoms with van der Waals surface area (Å²) in [5, 5.41) is 3.50. The van der Waals surface area contributed by atoms with Gasteiger partial charge in [-0.25, -0.2) is 4.79 Å². The molecule has 1 aliphatic heterocycles. The fourth-order valence-electron chi connectivity index (χ4n) is 2.48. The van der Waals surface area contributed by atoms with Crippen LogP contribution in [0.3, 0.4) is 0 Å². The van der Waals surface area contributed by atoms with E-state index in [1.165, 1.54) is 4.90 Å². The lowest BCUT2D eigenvalue weighted by Gasteiger charge is -2.12. The van der Waals surface area contributed by atoms with Gasteiger partial charge in [0.25, 0.3) is 5.91 Å². The number of rotatable bonds is 3. The van der Waals surface area contributed by atoms with Crippen LogP contribution < -0.4 is 5.32 Å². The second kappa shape index (κ2) is 6.67. The summed E-state index contributed by atoms with van der Waals surface area (Å²) in [5.41, 5.74) is 2.77. The lowest BCUT2D eigenvalue weighted by atomic mass is 10.1. The molecule has 0 aromatic heterocycles. The third kappa shape index (κ3) is 3.45. The van der Waals surface area contributed by atoms with Crippen molar-refractivity contribution in [1.82, 2.24) is 10.2 Å². The Labute approximate surface area is 149 Å². The third-order valence-electron chi connectivity index (χ3n) is 3.65. The van der Waals surface area contributed by atoms with Crippen molar-refractivity contribution < 1.29 is 9.59 Å². The summed E-state index contributed by atoms with van der Waals surface area (Å²) in [6.45, 7) is 2.18. The molecule has 0 atom stereocenters. The molecule has 1 heterocycles. The van der Waals surface area contributed by atoms with E-state index in [4.69, 9.17) is 23.2 Å². The van der Waals surface area contributed by atoms with Crippen LogP contribution in [0.15, 0.2) is 48.2 Å². The number of hydrogen-bond donors (Lipinski definition) is 1. The van der Waals surface area contributed by atoms with Crippen molar-refractivity contribution in [1.29, 1.82) is 0 Å². The molecule has 1 aliphatic rings. The monoisotopic (exact) mass is 360 g/mol. The number of carbonyl (C=O) groups is 2. The van der Waals surface area contributed by atoms with Crippen molar-refractivity contribution in [2.24, 2.45) is 0 Å². The van der Waals surface area contributed by atoms with Gasteiger partial charge >= 0.3 is 6.03 Å². The number of amides is 3. The van der Waals surface area contributed by atoms with Gasteiger partial charge in [0.2, 0.25) is 0 Å². The molecule has 2 aromatic rings. The smallest absolute Gasteiger partial charge is 0.303 e. The number of halogens is 2. The highest BCUT2D eigenvalue weighted by Gasteiger charge is 2.33. The maximum absolute atomic E-state index is 12.5. The van der Waals surface area contributed by atoms with Crippen LogP contribution in [-0.4, -0.2) is 16.8 Å². The molecule has 0 aliphatic carbocycles. The summed E-state index contributed by atoms with van der Waals surface area (Å²) in [6.07, 6.45) is 1.55. The van der Waals surface area contributed by atoms with Gasteiger partial charge in [-0.2, -0.15) is 0 Å². The van der Waals surface area contributed by atoms with E-state index in [0.29, 0.717) is 15.6 Å². The number of aryl methyl sites for hydroxylation is 1. The number of urea groups is 1. The molecule has 0 bridgehead atoms. The van der Waals surface area contributed by atoms with Crippen molar-refractivity contribution in [3.8, 4) is 0 Å². The van der Waals surface area contributed by atoms with Crippen LogP contribution >= 0.6 is 23.2 Å². The molecule has 6 heteroatoms. The first-order valence-corrected chi connectivity index (χ1v) is 8.05. The fraction of sp³-hybridized carbons (Fsp3) is 0.111. The Morgan fingerprint density at radius 2 is 1.92 bits per heavy atom. The summed E-state index contributed by atoms with van der Waals surface area (Å²) in [6, 6.07) is 12.2. The van der Waals surface area contributed by atoms with Crippen LogP contribution in [0.5, 0.6) is 0 Å². The molecule has 122 valence electrons. The van der Waals surface area contributed by atoms with Gasteiger partial charge in [0.15, 0.2) is 0 Å². The topological polar surface area (TPSA) is 49.4 Å². The maximum atomic E-state index is 12.5. The Bertz CT molecular complexity index is 862. The van der Waals surface area contributed by atoms with E-state index in [-0.39, 0.29) is 18.1 Å². The van der Waals surface area contributed by atoms with Gasteiger partial charge in [-0.3, -0.25) is 9.69 Å². The van der Waals surface area contributed by atoms with Crippen LogP contribution in [-0.2, 0) is 11.3 Å². The number of nitrogens with one attached hydrogen (secondary N) is 1. The van der Waals surface area contributed by atoms with Crippen molar-refractivity contribution in [2.75, 3.05) is 0 Å². The number of nitrogens with zero attached hydrogens (tertiary/aromatic N) is 1. The predicted octanol–water partition coefficient (Wildman–Crippen LogP) is 4.39. The van der Waals surface area contributed by atoms with Crippen molar-refractivity contribution in [2.45, 2.75) is 13.5 Å². The molecule has 1 saturated heterocycles. The Morgan fingerprint density at radius 3 is 2.62 bits per heavy atom. The summed E-state index contributed by atoms with van der Waals surface area (Å²) >= 11 is 12.0. The first kappa shape index (κ1) is 16.6. The van der Waals surface area contributed by atoms with Crippen LogP contribution in [0.4, 0.5) is 4.79 Å². The minimum Gasteiger partial charge on any atom is -0.303 e. The van der Waals surface area contributed by atoms with Crippen molar-refractivity contribution in [3.05, 3.63) is 74.9 Å². The van der Waals surface area contributed by atoms with E-state index in [1.54, 1.807) is 24.3 Å². The SMILES string of the molecule is Cc1cccc(CN2C(=O)N/C(=C/c3ccc(Cl)cc3Cl)C2=O)c1. The maximum Gasteiger partial charge on any atom is 0.329 e. The zero-order valence-corrected chi connectivity index (χ0v) is 14.4. The molecular formula is C18H14Cl2N2O2. The van der Waals surface area contributed by atoms with Crippen LogP contribution in [0, 0.1) is 6.92 Å². The van der Waals surface area contributed by atoms with Gasteiger partial charge in [0, 0.05) is 10.0 Å². The second-order valence-corrected chi connectivity index (χ2v) is 6.38. The average molecular weight is 361 g/mol. The molecule has 4 nitrogen and oxygen atoms in total.